The largest absolute Gasteiger partial charge is 0.469 e. The number of carbonyl (C=O) groups is 1. The highest BCUT2D eigenvalue weighted by atomic mass is 16.5. The number of rotatable bonds is 5. The summed E-state index contributed by atoms with van der Waals surface area (Å²) >= 11 is 0. The van der Waals surface area contributed by atoms with Crippen molar-refractivity contribution in [2.24, 2.45) is 0 Å². The van der Waals surface area contributed by atoms with Gasteiger partial charge in [-0.05, 0) is 25.3 Å². The van der Waals surface area contributed by atoms with Gasteiger partial charge in [-0.1, -0.05) is 36.8 Å². The van der Waals surface area contributed by atoms with Crippen LogP contribution in [-0.2, 0) is 9.53 Å². The summed E-state index contributed by atoms with van der Waals surface area (Å²) < 4.78 is 4.79. The zero-order valence-corrected chi connectivity index (χ0v) is 10.6. The molecule has 94 valence electrons. The maximum Gasteiger partial charge on any atom is 0.313 e. The average Bonchev–Trinajstić information content (AvgIpc) is 2.36. The van der Waals surface area contributed by atoms with Gasteiger partial charge in [0, 0.05) is 0 Å². The number of hydrogen-bond acceptors (Lipinski definition) is 3. The third kappa shape index (κ3) is 3.86. The predicted molar refractivity (Wildman–Crippen MR) is 66.9 cm³/mol. The van der Waals surface area contributed by atoms with Crippen LogP contribution in [-0.4, -0.2) is 24.3 Å². The molecule has 3 heteroatoms. The molecule has 1 aromatic rings. The summed E-state index contributed by atoms with van der Waals surface area (Å²) in [6.07, 6.45) is 0.575. The number of esters is 1. The van der Waals surface area contributed by atoms with Gasteiger partial charge in [0.25, 0.3) is 0 Å². The van der Waals surface area contributed by atoms with Crippen molar-refractivity contribution >= 4 is 5.97 Å². The number of methoxy groups -OCH3 is 1. The third-order valence-corrected chi connectivity index (χ3v) is 2.94. The second-order valence-corrected chi connectivity index (χ2v) is 4.28. The molecule has 0 heterocycles. The molecular weight excluding hydrogens is 216 g/mol. The predicted octanol–water partition coefficient (Wildman–Crippen LogP) is 2.41. The molecule has 0 amide bonds. The van der Waals surface area contributed by atoms with Gasteiger partial charge in [-0.2, -0.15) is 0 Å². The molecular formula is C14H20O3. The maximum atomic E-state index is 11.7. The Hall–Kier alpha value is -1.35. The first kappa shape index (κ1) is 13.7. The van der Waals surface area contributed by atoms with Gasteiger partial charge >= 0.3 is 5.97 Å². The van der Waals surface area contributed by atoms with E-state index in [0.717, 1.165) is 11.1 Å². The third-order valence-electron chi connectivity index (χ3n) is 2.94. The first-order valence-corrected chi connectivity index (χ1v) is 5.91. The van der Waals surface area contributed by atoms with Crippen LogP contribution in [0.4, 0.5) is 0 Å². The quantitative estimate of drug-likeness (QED) is 0.799. The van der Waals surface area contributed by atoms with Gasteiger partial charge < -0.3 is 9.84 Å². The van der Waals surface area contributed by atoms with Crippen LogP contribution in [0.5, 0.6) is 0 Å². The zero-order valence-electron chi connectivity index (χ0n) is 10.6. The van der Waals surface area contributed by atoms with Gasteiger partial charge in [0.1, 0.15) is 0 Å². The van der Waals surface area contributed by atoms with Crippen LogP contribution in [0.25, 0.3) is 0 Å². The molecule has 0 aliphatic carbocycles. The minimum Gasteiger partial charge on any atom is -0.469 e. The monoisotopic (exact) mass is 236 g/mol. The number of aliphatic hydroxyl groups is 1. The molecule has 0 radical (unpaired) electrons. The molecule has 0 aromatic heterocycles. The Morgan fingerprint density at radius 1 is 1.35 bits per heavy atom. The molecule has 1 aromatic carbocycles. The van der Waals surface area contributed by atoms with Gasteiger partial charge in [-0.15, -0.1) is 0 Å². The molecule has 3 nitrogen and oxygen atoms in total. The fraction of sp³-hybridized carbons (Fsp3) is 0.500. The van der Waals surface area contributed by atoms with Crippen LogP contribution >= 0.6 is 0 Å². The number of aryl methyl sites for hydroxylation is 1. The van der Waals surface area contributed by atoms with E-state index in [-0.39, 0.29) is 11.9 Å². The maximum absolute atomic E-state index is 11.7. The van der Waals surface area contributed by atoms with Crippen molar-refractivity contribution in [3.63, 3.8) is 0 Å². The molecule has 0 spiro atoms. The lowest BCUT2D eigenvalue weighted by Crippen LogP contribution is -2.20. The molecule has 0 saturated heterocycles. The Balaban J connectivity index is 2.89. The summed E-state index contributed by atoms with van der Waals surface area (Å²) in [5.41, 5.74) is 2.04. The van der Waals surface area contributed by atoms with Crippen LogP contribution < -0.4 is 0 Å². The molecule has 1 rings (SSSR count). The van der Waals surface area contributed by atoms with Crippen LogP contribution in [0.2, 0.25) is 0 Å². The van der Waals surface area contributed by atoms with Gasteiger partial charge in [0.2, 0.25) is 0 Å². The van der Waals surface area contributed by atoms with Crippen LogP contribution in [0.15, 0.2) is 24.3 Å². The first-order valence-electron chi connectivity index (χ1n) is 5.91. The fourth-order valence-electron chi connectivity index (χ4n) is 1.75. The van der Waals surface area contributed by atoms with E-state index >= 15 is 0 Å². The van der Waals surface area contributed by atoms with Crippen molar-refractivity contribution in [3.8, 4) is 0 Å². The van der Waals surface area contributed by atoms with Crippen molar-refractivity contribution in [2.75, 3.05) is 7.11 Å². The number of carbonyl (C=O) groups excluding carboxylic acids is 1. The minimum atomic E-state index is -0.472. The highest BCUT2D eigenvalue weighted by molar-refractivity contribution is 5.78. The molecule has 0 unspecified atom stereocenters. The van der Waals surface area contributed by atoms with Crippen LogP contribution in [0.1, 0.15) is 36.8 Å². The lowest BCUT2D eigenvalue weighted by molar-refractivity contribution is -0.143. The average molecular weight is 236 g/mol. The Morgan fingerprint density at radius 3 is 2.41 bits per heavy atom. The molecule has 0 fully saturated rings. The van der Waals surface area contributed by atoms with Crippen LogP contribution in [0.3, 0.4) is 0 Å². The number of aliphatic hydroxyl groups excluding tert-OH is 1. The van der Waals surface area contributed by atoms with E-state index in [0.29, 0.717) is 12.8 Å². The summed E-state index contributed by atoms with van der Waals surface area (Å²) in [6, 6.07) is 7.76. The highest BCUT2D eigenvalue weighted by Gasteiger charge is 2.23. The second-order valence-electron chi connectivity index (χ2n) is 4.28. The summed E-state index contributed by atoms with van der Waals surface area (Å²) in [5.74, 6) is -0.670. The molecule has 0 aliphatic heterocycles. The van der Waals surface area contributed by atoms with Crippen molar-refractivity contribution in [2.45, 2.75) is 38.7 Å². The smallest absolute Gasteiger partial charge is 0.313 e. The zero-order chi connectivity index (χ0) is 12.8. The topological polar surface area (TPSA) is 46.5 Å². The Labute approximate surface area is 102 Å². The molecule has 17 heavy (non-hydrogen) atoms. The van der Waals surface area contributed by atoms with Gasteiger partial charge in [-0.3, -0.25) is 4.79 Å². The van der Waals surface area contributed by atoms with Crippen molar-refractivity contribution in [1.29, 1.82) is 0 Å². The Morgan fingerprint density at radius 2 is 1.94 bits per heavy atom. The molecule has 0 saturated carbocycles. The molecule has 0 bridgehead atoms. The standard InChI is InChI=1S/C14H20O3/c1-4-12(15)9-13(14(16)17-3)11-7-5-10(2)6-8-11/h5-8,12-13,15H,4,9H2,1-3H3/t12-,13-/m0/s1. The van der Waals surface area contributed by atoms with E-state index in [1.165, 1.54) is 7.11 Å². The van der Waals surface area contributed by atoms with Gasteiger partial charge in [-0.25, -0.2) is 0 Å². The van der Waals surface area contributed by atoms with E-state index in [9.17, 15) is 9.90 Å². The Kier molecular flexibility index (Phi) is 5.16. The molecule has 2 atom stereocenters. The van der Waals surface area contributed by atoms with E-state index in [2.05, 4.69) is 0 Å². The van der Waals surface area contributed by atoms with E-state index in [1.807, 2.05) is 38.1 Å². The summed E-state index contributed by atoms with van der Waals surface area (Å²) in [5, 5.41) is 9.68. The summed E-state index contributed by atoms with van der Waals surface area (Å²) in [4.78, 5) is 11.7. The van der Waals surface area contributed by atoms with E-state index in [1.54, 1.807) is 0 Å². The van der Waals surface area contributed by atoms with Crippen LogP contribution in [0, 0.1) is 6.92 Å². The van der Waals surface area contributed by atoms with E-state index in [4.69, 9.17) is 4.74 Å². The number of hydrogen-bond donors (Lipinski definition) is 1. The second kappa shape index (κ2) is 6.40. The molecule has 1 N–H and O–H groups in total. The highest BCUT2D eigenvalue weighted by Crippen LogP contribution is 2.24. The molecule has 0 aliphatic rings. The van der Waals surface area contributed by atoms with Crippen molar-refractivity contribution in [1.82, 2.24) is 0 Å². The van der Waals surface area contributed by atoms with Crippen molar-refractivity contribution < 1.29 is 14.6 Å². The minimum absolute atomic E-state index is 0.290. The fourth-order valence-corrected chi connectivity index (χ4v) is 1.75. The van der Waals surface area contributed by atoms with E-state index < -0.39 is 6.10 Å². The van der Waals surface area contributed by atoms with Gasteiger partial charge in [0.05, 0.1) is 19.1 Å². The number of ether oxygens (including phenoxy) is 1. The number of benzene rings is 1. The van der Waals surface area contributed by atoms with Crippen molar-refractivity contribution in [3.05, 3.63) is 35.4 Å². The SMILES string of the molecule is CC[C@H](O)C[C@H](C(=O)OC)c1ccc(C)cc1. The lowest BCUT2D eigenvalue weighted by Gasteiger charge is -2.18. The van der Waals surface area contributed by atoms with Gasteiger partial charge in [0.15, 0.2) is 0 Å². The summed E-state index contributed by atoms with van der Waals surface area (Å²) in [6.45, 7) is 3.89. The normalized spacial score (nSPS) is 14.1. The first-order chi connectivity index (χ1) is 8.08. The Bertz CT molecular complexity index is 356. The lowest BCUT2D eigenvalue weighted by atomic mass is 9.92. The summed E-state index contributed by atoms with van der Waals surface area (Å²) in [7, 11) is 1.38.